The molecule has 8 rings (SSSR count). The average molecular weight is 904 g/mol. The fourth-order valence-electron chi connectivity index (χ4n) is 8.85. The number of hydrogen-bond acceptors (Lipinski definition) is 8. The van der Waals surface area contributed by atoms with Crippen molar-refractivity contribution in [1.29, 1.82) is 0 Å². The maximum atomic E-state index is 13.6. The minimum atomic E-state index is -0.698. The van der Waals surface area contributed by atoms with Crippen LogP contribution in [0.5, 0.6) is 0 Å². The van der Waals surface area contributed by atoms with E-state index in [1.807, 2.05) is 12.1 Å². The molecule has 4 fully saturated rings. The molecule has 2 aliphatic heterocycles. The number of aromatic nitrogens is 4. The molecule has 332 valence electrons. The summed E-state index contributed by atoms with van der Waals surface area (Å²) in [6, 6.07) is 12.6. The van der Waals surface area contributed by atoms with Gasteiger partial charge in [0.1, 0.15) is 0 Å². The number of thiophene rings is 2. The maximum absolute atomic E-state index is 13.6. The summed E-state index contributed by atoms with van der Waals surface area (Å²) in [7, 11) is 0. The number of carboxylic acids is 1. The van der Waals surface area contributed by atoms with E-state index in [1.165, 1.54) is 72.5 Å². The summed E-state index contributed by atoms with van der Waals surface area (Å²) in [5.74, 6) is -0.568. The number of nitrogens with one attached hydrogen (secondary N) is 1. The summed E-state index contributed by atoms with van der Waals surface area (Å²) < 4.78 is 14.0. The van der Waals surface area contributed by atoms with Crippen LogP contribution >= 0.6 is 45.9 Å². The molecule has 2 aliphatic carbocycles. The number of H-pyrrole nitrogens is 1. The predicted molar refractivity (Wildman–Crippen MR) is 246 cm³/mol. The second kappa shape index (κ2) is 21.7. The number of aryl methyl sites for hydroxylation is 4. The molecule has 2 N–H and O–H groups in total. The van der Waals surface area contributed by atoms with Crippen LogP contribution in [-0.2, 0) is 50.8 Å². The Bertz CT molecular complexity index is 1960. The normalized spacial score (nSPS) is 20.4. The van der Waals surface area contributed by atoms with Crippen LogP contribution in [0, 0.1) is 10.8 Å². The van der Waals surface area contributed by atoms with Crippen LogP contribution in [0.25, 0.3) is 0 Å². The molecule has 0 aromatic carbocycles. The molecule has 2 saturated carbocycles. The number of aromatic amines is 1. The van der Waals surface area contributed by atoms with Crippen LogP contribution in [0.3, 0.4) is 0 Å². The Kier molecular flexibility index (Phi) is 17.5. The summed E-state index contributed by atoms with van der Waals surface area (Å²) in [4.78, 5) is 26.8. The van der Waals surface area contributed by atoms with Crippen LogP contribution < -0.4 is 0 Å². The highest BCUT2D eigenvalue weighted by molar-refractivity contribution is 7.16. The Morgan fingerprint density at radius 2 is 1.17 bits per heavy atom. The Labute approximate surface area is 376 Å². The van der Waals surface area contributed by atoms with Gasteiger partial charge in [0.2, 0.25) is 0 Å². The summed E-state index contributed by atoms with van der Waals surface area (Å²) in [5, 5.41) is 21.5. The van der Waals surface area contributed by atoms with Gasteiger partial charge in [-0.25, -0.2) is 4.68 Å². The molecule has 0 radical (unpaired) electrons. The largest absolute Gasteiger partial charge is 0.481 e. The highest BCUT2D eigenvalue weighted by atomic mass is 35.5. The number of carbonyl (C=O) groups excluding carboxylic acids is 1. The van der Waals surface area contributed by atoms with Crippen molar-refractivity contribution >= 4 is 57.8 Å². The van der Waals surface area contributed by atoms with E-state index in [4.69, 9.17) is 42.9 Å². The molecule has 0 bridgehead atoms. The van der Waals surface area contributed by atoms with E-state index in [0.29, 0.717) is 44.7 Å². The molecule has 4 aromatic heterocycles. The van der Waals surface area contributed by atoms with Crippen LogP contribution in [0.4, 0.5) is 0 Å². The first-order chi connectivity index (χ1) is 28.2. The molecule has 0 spiro atoms. The predicted octanol–water partition coefficient (Wildman–Crippen LogP) is 12.7. The number of carbonyl (C=O) groups is 2. The molecule has 13 heteroatoms. The van der Waals surface area contributed by atoms with Gasteiger partial charge in [0.05, 0.1) is 30.9 Å². The SMILES string of the molecule is C.CC1(C(=O)O)CCOCC1.CC1(C(=O)n2nc(C3(C)CCCCC3)cc2CCc2ccc(Cl)s2)CCOCC1.CC1(c2cc(CCc3ccc(Cl)s3)[nH]n2)CCCCC1. The van der Waals surface area contributed by atoms with Gasteiger partial charge in [0.25, 0.3) is 5.91 Å². The number of halogens is 2. The van der Waals surface area contributed by atoms with Crippen LogP contribution in [0.1, 0.15) is 162 Å². The zero-order valence-electron chi connectivity index (χ0n) is 35.5. The molecule has 0 unspecified atom stereocenters. The topological polar surface area (TPSA) is 119 Å². The Balaban J connectivity index is 0.000000190. The average Bonchev–Trinajstić information content (AvgIpc) is 4.06. The van der Waals surface area contributed by atoms with E-state index in [-0.39, 0.29) is 18.7 Å². The monoisotopic (exact) mass is 902 g/mol. The van der Waals surface area contributed by atoms with E-state index >= 15 is 0 Å². The molecule has 4 aliphatic rings. The summed E-state index contributed by atoms with van der Waals surface area (Å²) in [6.45, 7) is 11.0. The smallest absolute Gasteiger partial charge is 0.309 e. The van der Waals surface area contributed by atoms with Crippen molar-refractivity contribution in [3.05, 3.63) is 77.6 Å². The molecule has 4 aromatic rings. The number of hydrogen-bond donors (Lipinski definition) is 2. The molecule has 6 heterocycles. The fraction of sp³-hybridized carbons (Fsp3) is 0.660. The fourth-order valence-corrected chi connectivity index (χ4v) is 11.0. The van der Waals surface area contributed by atoms with Gasteiger partial charge in [0.15, 0.2) is 0 Å². The van der Waals surface area contributed by atoms with Crippen molar-refractivity contribution in [2.24, 2.45) is 10.8 Å². The van der Waals surface area contributed by atoms with Gasteiger partial charge < -0.3 is 14.6 Å². The van der Waals surface area contributed by atoms with E-state index in [2.05, 4.69) is 55.2 Å². The van der Waals surface area contributed by atoms with Crippen molar-refractivity contribution < 1.29 is 24.2 Å². The summed E-state index contributed by atoms with van der Waals surface area (Å²) in [6.07, 6.45) is 19.3. The molecule has 60 heavy (non-hydrogen) atoms. The first-order valence-corrected chi connectivity index (χ1v) is 24.2. The van der Waals surface area contributed by atoms with Crippen LogP contribution in [0.15, 0.2) is 36.4 Å². The van der Waals surface area contributed by atoms with Crippen molar-refractivity contribution in [2.45, 2.75) is 162 Å². The second-order valence-corrected chi connectivity index (χ2v) is 21.9. The van der Waals surface area contributed by atoms with Gasteiger partial charge in [-0.05, 0) is 120 Å². The summed E-state index contributed by atoms with van der Waals surface area (Å²) in [5.41, 5.74) is 4.09. The molecular weight excluding hydrogens is 836 g/mol. The second-order valence-electron chi connectivity index (χ2n) is 18.3. The highest BCUT2D eigenvalue weighted by Gasteiger charge is 2.40. The lowest BCUT2D eigenvalue weighted by Crippen LogP contribution is -2.39. The van der Waals surface area contributed by atoms with Gasteiger partial charge in [-0.1, -0.05) is 89.9 Å². The minimum Gasteiger partial charge on any atom is -0.481 e. The van der Waals surface area contributed by atoms with Crippen LogP contribution in [-0.4, -0.2) is 63.4 Å². The lowest BCUT2D eigenvalue weighted by atomic mass is 9.73. The third kappa shape index (κ3) is 12.6. The first kappa shape index (κ1) is 48.5. The standard InChI is InChI=1S/C23H31ClN2O2S.C16H21ClN2S.C7H12O3.CH4/c1-22(10-4-3-5-11-22)19-16-17(6-7-18-8-9-20(24)29-18)26(25-19)21(27)23(2)12-14-28-15-13-23;1-16(9-3-2-4-10-16)14-11-12(18-19-14)5-6-13-7-8-15(17)20-13;1-7(6(8)9)2-4-10-5-3-7;/h8-9,16H,3-7,10-15H2,1-2H3;7-8,11H,2-6,9-10H2,1H3,(H,18,19);2-5H2,1H3,(H,8,9);1H4. The number of carboxylic acid groups (broad SMARTS) is 1. The number of ether oxygens (including phenoxy) is 2. The van der Waals surface area contributed by atoms with E-state index in [0.717, 1.165) is 71.4 Å². The van der Waals surface area contributed by atoms with E-state index in [1.54, 1.807) is 34.3 Å². The molecule has 2 saturated heterocycles. The van der Waals surface area contributed by atoms with Gasteiger partial charge in [-0.2, -0.15) is 10.2 Å². The first-order valence-electron chi connectivity index (χ1n) is 21.8. The minimum absolute atomic E-state index is 0. The number of rotatable bonds is 10. The number of nitrogens with zero attached hydrogens (tertiary/aromatic N) is 3. The lowest BCUT2D eigenvalue weighted by Gasteiger charge is -2.33. The zero-order valence-corrected chi connectivity index (χ0v) is 38.7. The molecule has 9 nitrogen and oxygen atoms in total. The quantitative estimate of drug-likeness (QED) is 0.163. The third-order valence-corrected chi connectivity index (χ3v) is 16.1. The highest BCUT2D eigenvalue weighted by Crippen LogP contribution is 2.41. The Hall–Kier alpha value is -2.54. The van der Waals surface area contributed by atoms with Crippen molar-refractivity contribution in [3.8, 4) is 0 Å². The van der Waals surface area contributed by atoms with Gasteiger partial charge in [-0.3, -0.25) is 14.7 Å². The molecule has 0 atom stereocenters. The van der Waals surface area contributed by atoms with Crippen molar-refractivity contribution in [2.75, 3.05) is 26.4 Å². The van der Waals surface area contributed by atoms with E-state index in [9.17, 15) is 9.59 Å². The third-order valence-electron chi connectivity index (χ3n) is 13.5. The van der Waals surface area contributed by atoms with Crippen LogP contribution in [0.2, 0.25) is 8.67 Å². The lowest BCUT2D eigenvalue weighted by molar-refractivity contribution is -0.153. The van der Waals surface area contributed by atoms with Crippen molar-refractivity contribution in [3.63, 3.8) is 0 Å². The van der Waals surface area contributed by atoms with Gasteiger partial charge in [-0.15, -0.1) is 22.7 Å². The van der Waals surface area contributed by atoms with Gasteiger partial charge >= 0.3 is 5.97 Å². The Morgan fingerprint density at radius 3 is 1.63 bits per heavy atom. The van der Waals surface area contributed by atoms with Gasteiger partial charge in [0, 0.05) is 58.4 Å². The zero-order chi connectivity index (χ0) is 42.1. The molecule has 0 amide bonds. The number of aliphatic carboxylic acids is 1. The molecular formula is C47H68Cl2N4O5S2. The summed E-state index contributed by atoms with van der Waals surface area (Å²) >= 11 is 15.4. The van der Waals surface area contributed by atoms with Crippen molar-refractivity contribution in [1.82, 2.24) is 20.0 Å². The van der Waals surface area contributed by atoms with E-state index < -0.39 is 16.8 Å². The Morgan fingerprint density at radius 1 is 0.683 bits per heavy atom. The maximum Gasteiger partial charge on any atom is 0.309 e.